The molecule has 2 heteroatoms. The van der Waals surface area contributed by atoms with E-state index < -0.39 is 6.10 Å². The minimum Gasteiger partial charge on any atom is -0.396 e. The fourth-order valence-corrected chi connectivity index (χ4v) is 0.153. The van der Waals surface area contributed by atoms with Gasteiger partial charge in [0, 0.05) is 12.5 Å². The standard InChI is InChI=1S/C5H11O2/c1-4(3-6)5(2)7/h4-7H,1,3H2,2H3. The summed E-state index contributed by atoms with van der Waals surface area (Å²) in [5, 5.41) is 16.9. The van der Waals surface area contributed by atoms with E-state index in [0.29, 0.717) is 0 Å². The Hall–Kier alpha value is -0.0800. The molecule has 0 amide bonds. The number of aliphatic hydroxyl groups is 2. The smallest absolute Gasteiger partial charge is 0.0562 e. The predicted octanol–water partition coefficient (Wildman–Crippen LogP) is -0.190. The first-order valence-corrected chi connectivity index (χ1v) is 2.30. The van der Waals surface area contributed by atoms with Crippen molar-refractivity contribution in [2.45, 2.75) is 13.0 Å². The van der Waals surface area contributed by atoms with E-state index in [1.807, 2.05) is 0 Å². The average molecular weight is 103 g/mol. The zero-order valence-corrected chi connectivity index (χ0v) is 4.46. The molecule has 2 N–H and O–H groups in total. The minimum atomic E-state index is -0.495. The van der Waals surface area contributed by atoms with Crippen LogP contribution in [0.2, 0.25) is 0 Å². The minimum absolute atomic E-state index is 0.0440. The summed E-state index contributed by atoms with van der Waals surface area (Å²) in [6.07, 6.45) is -0.495. The molecule has 0 saturated carbocycles. The van der Waals surface area contributed by atoms with Crippen molar-refractivity contribution in [3.05, 3.63) is 6.92 Å². The summed E-state index contributed by atoms with van der Waals surface area (Å²) < 4.78 is 0. The van der Waals surface area contributed by atoms with Crippen LogP contribution in [0, 0.1) is 12.8 Å². The van der Waals surface area contributed by atoms with Crippen LogP contribution in [0.25, 0.3) is 0 Å². The van der Waals surface area contributed by atoms with Gasteiger partial charge in [0.25, 0.3) is 0 Å². The van der Waals surface area contributed by atoms with Gasteiger partial charge in [-0.2, -0.15) is 0 Å². The summed E-state index contributed by atoms with van der Waals surface area (Å²) in [7, 11) is 0. The molecule has 0 bridgehead atoms. The maximum Gasteiger partial charge on any atom is 0.0562 e. The molecule has 0 saturated heterocycles. The monoisotopic (exact) mass is 103 g/mol. The Balaban J connectivity index is 3.14. The third-order valence-corrected chi connectivity index (χ3v) is 0.917. The van der Waals surface area contributed by atoms with E-state index in [4.69, 9.17) is 10.2 Å². The SMILES string of the molecule is [CH2]C(CO)C(C)O. The molecule has 7 heavy (non-hydrogen) atoms. The number of aliphatic hydroxyl groups excluding tert-OH is 2. The van der Waals surface area contributed by atoms with Gasteiger partial charge in [-0.3, -0.25) is 0 Å². The Morgan fingerprint density at radius 2 is 2.14 bits per heavy atom. The van der Waals surface area contributed by atoms with Crippen molar-refractivity contribution in [1.82, 2.24) is 0 Å². The van der Waals surface area contributed by atoms with Gasteiger partial charge in [-0.15, -0.1) is 0 Å². The first kappa shape index (κ1) is 6.92. The Morgan fingerprint density at radius 1 is 1.71 bits per heavy atom. The molecule has 0 spiro atoms. The second-order valence-corrected chi connectivity index (χ2v) is 1.68. The highest BCUT2D eigenvalue weighted by Crippen LogP contribution is 1.97. The summed E-state index contributed by atoms with van der Waals surface area (Å²) in [5.74, 6) is -0.236. The molecule has 0 heterocycles. The normalized spacial score (nSPS) is 18.9. The van der Waals surface area contributed by atoms with Gasteiger partial charge in [-0.05, 0) is 13.8 Å². The van der Waals surface area contributed by atoms with E-state index >= 15 is 0 Å². The second-order valence-electron chi connectivity index (χ2n) is 1.68. The number of rotatable bonds is 2. The molecule has 0 aliphatic rings. The Bertz CT molecular complexity index is 43.3. The number of hydrogen-bond acceptors (Lipinski definition) is 2. The molecule has 0 fully saturated rings. The van der Waals surface area contributed by atoms with Gasteiger partial charge in [0.2, 0.25) is 0 Å². The van der Waals surface area contributed by atoms with Crippen LogP contribution in [0.15, 0.2) is 0 Å². The summed E-state index contributed by atoms with van der Waals surface area (Å²) in [6, 6.07) is 0. The Labute approximate surface area is 43.8 Å². The molecule has 43 valence electrons. The van der Waals surface area contributed by atoms with Crippen molar-refractivity contribution in [1.29, 1.82) is 0 Å². The topological polar surface area (TPSA) is 40.5 Å². The predicted molar refractivity (Wildman–Crippen MR) is 27.6 cm³/mol. The largest absolute Gasteiger partial charge is 0.396 e. The van der Waals surface area contributed by atoms with Crippen molar-refractivity contribution in [2.24, 2.45) is 5.92 Å². The van der Waals surface area contributed by atoms with Gasteiger partial charge in [0.1, 0.15) is 0 Å². The van der Waals surface area contributed by atoms with Crippen molar-refractivity contribution >= 4 is 0 Å². The summed E-state index contributed by atoms with van der Waals surface area (Å²) >= 11 is 0. The second kappa shape index (κ2) is 2.99. The van der Waals surface area contributed by atoms with Crippen LogP contribution in [0.1, 0.15) is 6.92 Å². The zero-order valence-electron chi connectivity index (χ0n) is 4.46. The maximum absolute atomic E-state index is 8.60. The zero-order chi connectivity index (χ0) is 5.86. The lowest BCUT2D eigenvalue weighted by molar-refractivity contribution is 0.105. The molecule has 0 rings (SSSR count). The molecule has 2 nitrogen and oxygen atoms in total. The Kier molecular flexibility index (Phi) is 2.96. The molecule has 2 atom stereocenters. The molecular formula is C5H11O2. The molecule has 1 radical (unpaired) electrons. The van der Waals surface area contributed by atoms with Crippen molar-refractivity contribution in [3.8, 4) is 0 Å². The molecule has 0 aliphatic carbocycles. The van der Waals surface area contributed by atoms with E-state index in [1.165, 1.54) is 0 Å². The molecule has 0 aromatic heterocycles. The van der Waals surface area contributed by atoms with Crippen LogP contribution in [-0.4, -0.2) is 22.9 Å². The molecular weight excluding hydrogens is 92.1 g/mol. The highest BCUT2D eigenvalue weighted by molar-refractivity contribution is 4.63. The first-order valence-electron chi connectivity index (χ1n) is 2.30. The highest BCUT2D eigenvalue weighted by Gasteiger charge is 2.04. The lowest BCUT2D eigenvalue weighted by Crippen LogP contribution is -2.16. The molecule has 0 aromatic carbocycles. The van der Waals surface area contributed by atoms with Gasteiger partial charge in [-0.1, -0.05) is 0 Å². The van der Waals surface area contributed by atoms with Crippen LogP contribution < -0.4 is 0 Å². The summed E-state index contributed by atoms with van der Waals surface area (Å²) in [6.45, 7) is 5.02. The summed E-state index contributed by atoms with van der Waals surface area (Å²) in [4.78, 5) is 0. The fraction of sp³-hybridized carbons (Fsp3) is 0.800. The van der Waals surface area contributed by atoms with Crippen LogP contribution in [0.4, 0.5) is 0 Å². The highest BCUT2D eigenvalue weighted by atomic mass is 16.3. The van der Waals surface area contributed by atoms with Gasteiger partial charge >= 0.3 is 0 Å². The first-order chi connectivity index (χ1) is 3.18. The molecule has 0 aromatic rings. The lowest BCUT2D eigenvalue weighted by Gasteiger charge is -2.08. The van der Waals surface area contributed by atoms with Crippen molar-refractivity contribution in [3.63, 3.8) is 0 Å². The Morgan fingerprint density at radius 3 is 2.14 bits per heavy atom. The lowest BCUT2D eigenvalue weighted by atomic mass is 10.1. The van der Waals surface area contributed by atoms with Crippen molar-refractivity contribution in [2.75, 3.05) is 6.61 Å². The van der Waals surface area contributed by atoms with E-state index in [2.05, 4.69) is 6.92 Å². The van der Waals surface area contributed by atoms with Gasteiger partial charge in [0.05, 0.1) is 6.10 Å². The van der Waals surface area contributed by atoms with E-state index in [1.54, 1.807) is 6.92 Å². The fourth-order valence-electron chi connectivity index (χ4n) is 0.153. The quantitative estimate of drug-likeness (QED) is 0.508. The summed E-state index contributed by atoms with van der Waals surface area (Å²) in [5.41, 5.74) is 0. The van der Waals surface area contributed by atoms with E-state index in [-0.39, 0.29) is 12.5 Å². The van der Waals surface area contributed by atoms with E-state index in [0.717, 1.165) is 0 Å². The molecule has 2 unspecified atom stereocenters. The van der Waals surface area contributed by atoms with E-state index in [9.17, 15) is 0 Å². The van der Waals surface area contributed by atoms with Crippen molar-refractivity contribution < 1.29 is 10.2 Å². The van der Waals surface area contributed by atoms with Gasteiger partial charge in [-0.25, -0.2) is 0 Å². The number of hydrogen-bond donors (Lipinski definition) is 2. The van der Waals surface area contributed by atoms with Crippen LogP contribution in [0.5, 0.6) is 0 Å². The average Bonchev–Trinajstić information content (AvgIpc) is 1.65. The third kappa shape index (κ3) is 2.60. The maximum atomic E-state index is 8.60. The van der Waals surface area contributed by atoms with Crippen LogP contribution >= 0.6 is 0 Å². The van der Waals surface area contributed by atoms with Crippen LogP contribution in [0.3, 0.4) is 0 Å². The molecule has 0 aliphatic heterocycles. The van der Waals surface area contributed by atoms with Crippen LogP contribution in [-0.2, 0) is 0 Å². The third-order valence-electron chi connectivity index (χ3n) is 0.917. The van der Waals surface area contributed by atoms with Gasteiger partial charge in [0.15, 0.2) is 0 Å². The van der Waals surface area contributed by atoms with Gasteiger partial charge < -0.3 is 10.2 Å².